The largest absolute Gasteiger partial charge is 0.480 e. The third-order valence-corrected chi connectivity index (χ3v) is 4.00. The van der Waals surface area contributed by atoms with Gasteiger partial charge in [-0.2, -0.15) is 4.90 Å². The zero-order chi connectivity index (χ0) is 17.6. The van der Waals surface area contributed by atoms with E-state index in [1.807, 2.05) is 5.43 Å². The molecule has 2 aliphatic heterocycles. The number of hydrazine groups is 1. The molecule has 0 aromatic heterocycles. The topological polar surface area (TPSA) is 131 Å². The molecule has 2 unspecified atom stereocenters. The predicted octanol–water partition coefficient (Wildman–Crippen LogP) is -0.740. The zero-order valence-corrected chi connectivity index (χ0v) is 12.5. The summed E-state index contributed by atoms with van der Waals surface area (Å²) in [6.45, 7) is 1.05. The standard InChI is InChI=1S/C14H13FN4O5/c1-6(20)19-12(22)14(17-13(19)23)5-10(11(21)18-16)24-9-3-2-7(15)4-8(9)14/h2-4,10H,5,16H2,1H3,(H,17,23)(H,18,21). The number of carbonyl (C=O) groups excluding carboxylic acids is 4. The Labute approximate surface area is 134 Å². The van der Waals surface area contributed by atoms with Gasteiger partial charge in [0.25, 0.3) is 11.8 Å². The Morgan fingerprint density at radius 2 is 2.17 bits per heavy atom. The molecule has 1 fully saturated rings. The molecule has 1 spiro atoms. The van der Waals surface area contributed by atoms with E-state index < -0.39 is 41.2 Å². The Balaban J connectivity index is 2.17. The molecule has 0 aliphatic carbocycles. The molecule has 1 saturated heterocycles. The number of fused-ring (bicyclic) bond motifs is 2. The highest BCUT2D eigenvalue weighted by atomic mass is 19.1. The van der Waals surface area contributed by atoms with Gasteiger partial charge in [-0.25, -0.2) is 15.0 Å². The third-order valence-electron chi connectivity index (χ3n) is 4.00. The van der Waals surface area contributed by atoms with Crippen molar-refractivity contribution in [3.05, 3.63) is 29.6 Å². The van der Waals surface area contributed by atoms with Crippen LogP contribution < -0.4 is 21.3 Å². The fourth-order valence-electron chi connectivity index (χ4n) is 2.94. The van der Waals surface area contributed by atoms with Gasteiger partial charge in [-0.05, 0) is 18.2 Å². The van der Waals surface area contributed by atoms with Crippen LogP contribution >= 0.6 is 0 Å². The molecule has 9 nitrogen and oxygen atoms in total. The van der Waals surface area contributed by atoms with Gasteiger partial charge in [0.15, 0.2) is 11.6 Å². The number of hydrogen-bond donors (Lipinski definition) is 3. The molecule has 4 N–H and O–H groups in total. The van der Waals surface area contributed by atoms with Gasteiger partial charge in [0, 0.05) is 18.9 Å². The minimum Gasteiger partial charge on any atom is -0.480 e. The summed E-state index contributed by atoms with van der Waals surface area (Å²) in [5.74, 6) is 2.05. The molecule has 126 valence electrons. The molecule has 24 heavy (non-hydrogen) atoms. The van der Waals surface area contributed by atoms with Gasteiger partial charge in [0.1, 0.15) is 11.6 Å². The Bertz CT molecular complexity index is 782. The summed E-state index contributed by atoms with van der Waals surface area (Å²) in [5, 5.41) is 2.39. The van der Waals surface area contributed by atoms with E-state index in [4.69, 9.17) is 10.6 Å². The van der Waals surface area contributed by atoms with E-state index in [0.29, 0.717) is 4.90 Å². The molecule has 5 amide bonds. The van der Waals surface area contributed by atoms with Crippen molar-refractivity contribution < 1.29 is 28.3 Å². The number of amides is 5. The van der Waals surface area contributed by atoms with Gasteiger partial charge in [0.05, 0.1) is 0 Å². The molecule has 2 aliphatic rings. The fraction of sp³-hybridized carbons (Fsp3) is 0.286. The second-order valence-electron chi connectivity index (χ2n) is 5.45. The molecule has 2 heterocycles. The Hall–Kier alpha value is -3.01. The van der Waals surface area contributed by atoms with E-state index >= 15 is 0 Å². The highest BCUT2D eigenvalue weighted by Gasteiger charge is 2.59. The molecule has 0 radical (unpaired) electrons. The average Bonchev–Trinajstić information content (AvgIpc) is 2.78. The van der Waals surface area contributed by atoms with E-state index in [-0.39, 0.29) is 17.7 Å². The van der Waals surface area contributed by atoms with Crippen molar-refractivity contribution in [1.82, 2.24) is 15.6 Å². The summed E-state index contributed by atoms with van der Waals surface area (Å²) in [6, 6.07) is 2.39. The lowest BCUT2D eigenvalue weighted by molar-refractivity contribution is -0.142. The van der Waals surface area contributed by atoms with Crippen LogP contribution in [0.5, 0.6) is 5.75 Å². The lowest BCUT2D eigenvalue weighted by Crippen LogP contribution is -2.55. The normalized spacial score (nSPS) is 25.1. The quantitative estimate of drug-likeness (QED) is 0.268. The van der Waals surface area contributed by atoms with Gasteiger partial charge in [-0.3, -0.25) is 19.8 Å². The van der Waals surface area contributed by atoms with Crippen molar-refractivity contribution in [3.8, 4) is 5.75 Å². The first kappa shape index (κ1) is 15.9. The van der Waals surface area contributed by atoms with Crippen LogP contribution in [0.25, 0.3) is 0 Å². The summed E-state index contributed by atoms with van der Waals surface area (Å²) in [4.78, 5) is 48.6. The van der Waals surface area contributed by atoms with Crippen LogP contribution in [-0.4, -0.2) is 34.8 Å². The summed E-state index contributed by atoms with van der Waals surface area (Å²) in [6.07, 6.45) is -1.54. The summed E-state index contributed by atoms with van der Waals surface area (Å²) in [7, 11) is 0. The van der Waals surface area contributed by atoms with Crippen molar-refractivity contribution in [2.24, 2.45) is 5.84 Å². The van der Waals surface area contributed by atoms with E-state index in [1.165, 1.54) is 6.07 Å². The van der Waals surface area contributed by atoms with E-state index in [9.17, 15) is 23.6 Å². The number of rotatable bonds is 1. The van der Waals surface area contributed by atoms with Gasteiger partial charge in [-0.1, -0.05) is 0 Å². The molecule has 10 heteroatoms. The maximum absolute atomic E-state index is 13.7. The Morgan fingerprint density at radius 3 is 2.75 bits per heavy atom. The zero-order valence-electron chi connectivity index (χ0n) is 12.5. The molecule has 0 saturated carbocycles. The number of hydrogen-bond acceptors (Lipinski definition) is 6. The number of carbonyl (C=O) groups is 4. The number of ether oxygens (including phenoxy) is 1. The number of urea groups is 1. The van der Waals surface area contributed by atoms with Crippen LogP contribution in [0.2, 0.25) is 0 Å². The second kappa shape index (κ2) is 5.27. The van der Waals surface area contributed by atoms with Gasteiger partial charge >= 0.3 is 6.03 Å². The van der Waals surface area contributed by atoms with Crippen molar-refractivity contribution >= 4 is 23.8 Å². The number of nitrogens with one attached hydrogen (secondary N) is 2. The van der Waals surface area contributed by atoms with E-state index in [0.717, 1.165) is 19.1 Å². The first-order chi connectivity index (χ1) is 11.3. The van der Waals surface area contributed by atoms with Crippen LogP contribution in [0.15, 0.2) is 18.2 Å². The smallest absolute Gasteiger partial charge is 0.332 e. The summed E-state index contributed by atoms with van der Waals surface area (Å²) in [5.41, 5.74) is 0.152. The first-order valence-corrected chi connectivity index (χ1v) is 6.94. The molecule has 0 bridgehead atoms. The van der Waals surface area contributed by atoms with Crippen LogP contribution in [-0.2, 0) is 19.9 Å². The highest BCUT2D eigenvalue weighted by Crippen LogP contribution is 2.43. The third kappa shape index (κ3) is 2.11. The van der Waals surface area contributed by atoms with E-state index in [2.05, 4.69) is 5.32 Å². The maximum Gasteiger partial charge on any atom is 0.332 e. The molecular weight excluding hydrogens is 323 g/mol. The molecule has 2 atom stereocenters. The molecule has 3 rings (SSSR count). The van der Waals surface area contributed by atoms with Gasteiger partial charge in [-0.15, -0.1) is 0 Å². The number of nitrogens with two attached hydrogens (primary N) is 1. The van der Waals surface area contributed by atoms with Crippen LogP contribution in [0.3, 0.4) is 0 Å². The monoisotopic (exact) mass is 336 g/mol. The molecule has 1 aromatic carbocycles. The lowest BCUT2D eigenvalue weighted by Gasteiger charge is -2.36. The van der Waals surface area contributed by atoms with Crippen molar-refractivity contribution in [2.75, 3.05) is 0 Å². The SMILES string of the molecule is CC(=O)N1C(=O)NC2(CC(C(=O)NN)Oc3ccc(F)cc32)C1=O. The Morgan fingerprint density at radius 1 is 1.46 bits per heavy atom. The predicted molar refractivity (Wildman–Crippen MR) is 75.5 cm³/mol. The molecular formula is C14H13FN4O5. The minimum atomic E-state index is -1.78. The lowest BCUT2D eigenvalue weighted by atomic mass is 9.81. The number of halogens is 1. The fourth-order valence-corrected chi connectivity index (χ4v) is 2.94. The summed E-state index contributed by atoms with van der Waals surface area (Å²) >= 11 is 0. The molecule has 1 aromatic rings. The van der Waals surface area contributed by atoms with E-state index in [1.54, 1.807) is 0 Å². The minimum absolute atomic E-state index is 0.0330. The average molecular weight is 336 g/mol. The Kier molecular flexibility index (Phi) is 3.48. The highest BCUT2D eigenvalue weighted by molar-refractivity contribution is 6.18. The van der Waals surface area contributed by atoms with Crippen LogP contribution in [0.1, 0.15) is 18.9 Å². The second-order valence-corrected chi connectivity index (χ2v) is 5.45. The number of imide groups is 3. The van der Waals surface area contributed by atoms with Crippen LogP contribution in [0, 0.1) is 5.82 Å². The maximum atomic E-state index is 13.7. The van der Waals surface area contributed by atoms with Crippen LogP contribution in [0.4, 0.5) is 9.18 Å². The summed E-state index contributed by atoms with van der Waals surface area (Å²) < 4.78 is 19.1. The van der Waals surface area contributed by atoms with Crippen molar-refractivity contribution in [1.29, 1.82) is 0 Å². The number of benzene rings is 1. The van der Waals surface area contributed by atoms with Crippen molar-refractivity contribution in [2.45, 2.75) is 25.0 Å². The van der Waals surface area contributed by atoms with Crippen molar-refractivity contribution in [3.63, 3.8) is 0 Å². The first-order valence-electron chi connectivity index (χ1n) is 6.94. The number of nitrogens with zero attached hydrogens (tertiary/aromatic N) is 1. The van der Waals surface area contributed by atoms with Gasteiger partial charge in [0.2, 0.25) is 5.91 Å². The van der Waals surface area contributed by atoms with Gasteiger partial charge < -0.3 is 10.1 Å².